The largest absolute Gasteiger partial charge is 0.481 e. The minimum atomic E-state index is 0.771. The Bertz CT molecular complexity index is 681. The topological polar surface area (TPSA) is 41.5 Å². The van der Waals surface area contributed by atoms with Crippen molar-refractivity contribution in [1.82, 2.24) is 9.97 Å². The summed E-state index contributed by atoms with van der Waals surface area (Å²) in [5, 5.41) is 0. The summed E-state index contributed by atoms with van der Waals surface area (Å²) < 4.78 is 5.49. The number of anilines is 2. The molecule has 0 spiro atoms. The number of hydrogen-bond donors (Lipinski definition) is 0. The fourth-order valence-corrected chi connectivity index (χ4v) is 3.50. The van der Waals surface area contributed by atoms with Crippen LogP contribution < -0.4 is 14.5 Å². The molecule has 2 heterocycles. The van der Waals surface area contributed by atoms with E-state index in [4.69, 9.17) is 9.72 Å². The highest BCUT2D eigenvalue weighted by Gasteiger charge is 2.24. The van der Waals surface area contributed by atoms with Gasteiger partial charge >= 0.3 is 0 Å². The Labute approximate surface area is 136 Å². The van der Waals surface area contributed by atoms with Crippen LogP contribution in [0.1, 0.15) is 17.7 Å². The lowest BCUT2D eigenvalue weighted by molar-refractivity contribution is 0.391. The van der Waals surface area contributed by atoms with Gasteiger partial charge in [0.05, 0.1) is 12.8 Å². The maximum absolute atomic E-state index is 5.49. The molecule has 23 heavy (non-hydrogen) atoms. The van der Waals surface area contributed by atoms with E-state index in [0.717, 1.165) is 57.3 Å². The van der Waals surface area contributed by atoms with Crippen LogP contribution in [0.5, 0.6) is 5.88 Å². The SMILES string of the molecule is COc1nc(N2CCN(c3ccccc3)CC2)nc2c1CCC2. The van der Waals surface area contributed by atoms with E-state index in [9.17, 15) is 0 Å². The van der Waals surface area contributed by atoms with Gasteiger partial charge < -0.3 is 14.5 Å². The average molecular weight is 310 g/mol. The first-order valence-corrected chi connectivity index (χ1v) is 8.34. The Kier molecular flexibility index (Phi) is 3.77. The van der Waals surface area contributed by atoms with Crippen LogP contribution in [0.15, 0.2) is 30.3 Å². The van der Waals surface area contributed by atoms with Crippen LogP contribution in [0.2, 0.25) is 0 Å². The molecule has 0 atom stereocenters. The number of methoxy groups -OCH3 is 1. The second-order valence-electron chi connectivity index (χ2n) is 6.12. The van der Waals surface area contributed by atoms with Crippen molar-refractivity contribution in [1.29, 1.82) is 0 Å². The van der Waals surface area contributed by atoms with Crippen molar-refractivity contribution >= 4 is 11.6 Å². The molecule has 1 aromatic carbocycles. The first-order chi connectivity index (χ1) is 11.3. The van der Waals surface area contributed by atoms with Crippen LogP contribution in [0.3, 0.4) is 0 Å². The van der Waals surface area contributed by atoms with Crippen molar-refractivity contribution in [3.8, 4) is 5.88 Å². The van der Waals surface area contributed by atoms with Crippen LogP contribution in [0.4, 0.5) is 11.6 Å². The Morgan fingerprint density at radius 3 is 2.39 bits per heavy atom. The summed E-state index contributed by atoms with van der Waals surface area (Å²) in [5.41, 5.74) is 3.68. The third-order valence-corrected chi connectivity index (χ3v) is 4.76. The van der Waals surface area contributed by atoms with Crippen molar-refractivity contribution in [2.45, 2.75) is 19.3 Å². The van der Waals surface area contributed by atoms with Crippen molar-refractivity contribution in [3.63, 3.8) is 0 Å². The number of benzene rings is 1. The number of ether oxygens (including phenoxy) is 1. The number of rotatable bonds is 3. The molecule has 1 aliphatic carbocycles. The molecule has 1 aliphatic heterocycles. The van der Waals surface area contributed by atoms with Crippen molar-refractivity contribution in [3.05, 3.63) is 41.6 Å². The molecule has 2 aromatic rings. The normalized spacial score (nSPS) is 17.3. The lowest BCUT2D eigenvalue weighted by Gasteiger charge is -2.36. The molecular weight excluding hydrogens is 288 g/mol. The van der Waals surface area contributed by atoms with Gasteiger partial charge in [0.25, 0.3) is 0 Å². The summed E-state index contributed by atoms with van der Waals surface area (Å²) >= 11 is 0. The molecule has 5 nitrogen and oxygen atoms in total. The first-order valence-electron chi connectivity index (χ1n) is 8.34. The highest BCUT2D eigenvalue weighted by Crippen LogP contribution is 2.30. The molecule has 0 amide bonds. The average Bonchev–Trinajstić information content (AvgIpc) is 3.10. The van der Waals surface area contributed by atoms with Gasteiger partial charge in [-0.25, -0.2) is 4.98 Å². The van der Waals surface area contributed by atoms with Crippen molar-refractivity contribution in [2.75, 3.05) is 43.1 Å². The molecule has 5 heteroatoms. The van der Waals surface area contributed by atoms with Gasteiger partial charge in [-0.1, -0.05) is 18.2 Å². The second kappa shape index (κ2) is 6.07. The molecule has 0 N–H and O–H groups in total. The van der Waals surface area contributed by atoms with E-state index in [0.29, 0.717) is 0 Å². The molecule has 0 radical (unpaired) electrons. The van der Waals surface area contributed by atoms with E-state index in [1.165, 1.54) is 16.9 Å². The second-order valence-corrected chi connectivity index (χ2v) is 6.12. The minimum Gasteiger partial charge on any atom is -0.481 e. The third-order valence-electron chi connectivity index (χ3n) is 4.76. The predicted molar refractivity (Wildman–Crippen MR) is 91.5 cm³/mol. The molecule has 0 bridgehead atoms. The maximum Gasteiger partial charge on any atom is 0.229 e. The zero-order valence-corrected chi connectivity index (χ0v) is 13.5. The highest BCUT2D eigenvalue weighted by atomic mass is 16.5. The highest BCUT2D eigenvalue weighted by molar-refractivity contribution is 5.49. The van der Waals surface area contributed by atoms with Crippen LogP contribution in [-0.4, -0.2) is 43.3 Å². The maximum atomic E-state index is 5.49. The van der Waals surface area contributed by atoms with Crippen LogP contribution in [-0.2, 0) is 12.8 Å². The smallest absolute Gasteiger partial charge is 0.229 e. The zero-order chi connectivity index (χ0) is 15.6. The third kappa shape index (κ3) is 2.71. The molecule has 2 aliphatic rings. The summed E-state index contributed by atoms with van der Waals surface area (Å²) in [4.78, 5) is 14.2. The quantitative estimate of drug-likeness (QED) is 0.870. The molecule has 0 saturated carbocycles. The number of aryl methyl sites for hydroxylation is 1. The first kappa shape index (κ1) is 14.3. The summed E-state index contributed by atoms with van der Waals surface area (Å²) in [6, 6.07) is 10.6. The van der Waals surface area contributed by atoms with Crippen LogP contribution in [0, 0.1) is 0 Å². The van der Waals surface area contributed by atoms with Gasteiger partial charge in [-0.2, -0.15) is 4.98 Å². The number of para-hydroxylation sites is 1. The van der Waals surface area contributed by atoms with E-state index < -0.39 is 0 Å². The standard InChI is InChI=1S/C18H22N4O/c1-23-17-15-8-5-9-16(15)19-18(20-17)22-12-10-21(11-13-22)14-6-3-2-4-7-14/h2-4,6-7H,5,8-13H2,1H3. The molecule has 0 unspecified atom stereocenters. The van der Waals surface area contributed by atoms with Gasteiger partial charge in [0.1, 0.15) is 0 Å². The molecule has 1 saturated heterocycles. The van der Waals surface area contributed by atoms with Gasteiger partial charge in [0.15, 0.2) is 0 Å². The summed E-state index contributed by atoms with van der Waals surface area (Å²) in [6.45, 7) is 3.87. The molecule has 1 aromatic heterocycles. The Morgan fingerprint density at radius 1 is 0.913 bits per heavy atom. The molecule has 120 valence electrons. The zero-order valence-electron chi connectivity index (χ0n) is 13.5. The number of aromatic nitrogens is 2. The minimum absolute atomic E-state index is 0.771. The number of piperazine rings is 1. The summed E-state index contributed by atoms with van der Waals surface area (Å²) in [6.07, 6.45) is 3.25. The summed E-state index contributed by atoms with van der Waals surface area (Å²) in [5.74, 6) is 1.60. The van der Waals surface area contributed by atoms with Gasteiger partial charge in [0.2, 0.25) is 11.8 Å². The number of nitrogens with zero attached hydrogens (tertiary/aromatic N) is 4. The van der Waals surface area contributed by atoms with Crippen LogP contribution >= 0.6 is 0 Å². The monoisotopic (exact) mass is 310 g/mol. The summed E-state index contributed by atoms with van der Waals surface area (Å²) in [7, 11) is 1.71. The van der Waals surface area contributed by atoms with E-state index >= 15 is 0 Å². The Balaban J connectivity index is 1.51. The lowest BCUT2D eigenvalue weighted by Crippen LogP contribution is -2.47. The van der Waals surface area contributed by atoms with Gasteiger partial charge in [-0.05, 0) is 31.4 Å². The Morgan fingerprint density at radius 2 is 1.65 bits per heavy atom. The fourth-order valence-electron chi connectivity index (χ4n) is 3.50. The van der Waals surface area contributed by atoms with E-state index in [1.807, 2.05) is 0 Å². The van der Waals surface area contributed by atoms with Gasteiger partial charge in [0, 0.05) is 37.4 Å². The van der Waals surface area contributed by atoms with E-state index in [1.54, 1.807) is 7.11 Å². The number of hydrogen-bond acceptors (Lipinski definition) is 5. The molecule has 1 fully saturated rings. The van der Waals surface area contributed by atoms with Gasteiger partial charge in [-0.15, -0.1) is 0 Å². The fraction of sp³-hybridized carbons (Fsp3) is 0.444. The Hall–Kier alpha value is -2.30. The lowest BCUT2D eigenvalue weighted by atomic mass is 10.2. The van der Waals surface area contributed by atoms with Crippen LogP contribution in [0.25, 0.3) is 0 Å². The van der Waals surface area contributed by atoms with Crippen molar-refractivity contribution in [2.24, 2.45) is 0 Å². The molecular formula is C18H22N4O. The van der Waals surface area contributed by atoms with Crippen molar-refractivity contribution < 1.29 is 4.74 Å². The van der Waals surface area contributed by atoms with Gasteiger partial charge in [-0.3, -0.25) is 0 Å². The van der Waals surface area contributed by atoms with E-state index in [2.05, 4.69) is 45.1 Å². The predicted octanol–water partition coefficient (Wildman–Crippen LogP) is 2.30. The number of fused-ring (bicyclic) bond motifs is 1. The van der Waals surface area contributed by atoms with E-state index in [-0.39, 0.29) is 0 Å². The molecule has 4 rings (SSSR count).